The van der Waals surface area contributed by atoms with Crippen LogP contribution in [0.3, 0.4) is 0 Å². The molecule has 2 aromatic heterocycles. The van der Waals surface area contributed by atoms with Gasteiger partial charge in [0, 0.05) is 35.6 Å². The number of methoxy groups -OCH3 is 1. The molecule has 0 fully saturated rings. The second-order valence-electron chi connectivity index (χ2n) is 9.02. The zero-order chi connectivity index (χ0) is 26.4. The number of nitrogens with zero attached hydrogens (tertiary/aromatic N) is 4. The number of aromatic nitrogens is 3. The minimum atomic E-state index is -0.346. The molecule has 5 aromatic rings. The van der Waals surface area contributed by atoms with Gasteiger partial charge < -0.3 is 14.2 Å². The topological polar surface area (TPSA) is 69.4 Å². The van der Waals surface area contributed by atoms with Crippen LogP contribution in [0.5, 0.6) is 5.75 Å². The number of amides is 1. The maximum Gasteiger partial charge on any atom is 0.296 e. The van der Waals surface area contributed by atoms with Crippen molar-refractivity contribution in [1.29, 1.82) is 0 Å². The van der Waals surface area contributed by atoms with Gasteiger partial charge in [-0.05, 0) is 62.2 Å². The maximum absolute atomic E-state index is 14.3. The van der Waals surface area contributed by atoms with E-state index >= 15 is 0 Å². The lowest BCUT2D eigenvalue weighted by Crippen LogP contribution is -2.34. The SMILES string of the molecule is CCN(C(=O)c1nn(-c2ccc(OC)c(Cl)c2)c(=O)c2c1c1ccccc1n2C)c1cc(C)ccc1C. The molecule has 0 aliphatic carbocycles. The summed E-state index contributed by atoms with van der Waals surface area (Å²) in [6, 6.07) is 18.7. The summed E-state index contributed by atoms with van der Waals surface area (Å²) in [5, 5.41) is 6.35. The fourth-order valence-corrected chi connectivity index (χ4v) is 5.10. The number of hydrogen-bond acceptors (Lipinski definition) is 4. The lowest BCUT2D eigenvalue weighted by atomic mass is 10.1. The van der Waals surface area contributed by atoms with E-state index in [0.29, 0.717) is 33.9 Å². The third-order valence-electron chi connectivity index (χ3n) is 6.74. The Hall–Kier alpha value is -4.10. The van der Waals surface area contributed by atoms with Gasteiger partial charge in [0.2, 0.25) is 0 Å². The van der Waals surface area contributed by atoms with Gasteiger partial charge in [-0.15, -0.1) is 0 Å². The van der Waals surface area contributed by atoms with Gasteiger partial charge in [0.25, 0.3) is 11.5 Å². The van der Waals surface area contributed by atoms with Gasteiger partial charge in [0.1, 0.15) is 11.3 Å². The van der Waals surface area contributed by atoms with Crippen LogP contribution in [0.15, 0.2) is 65.5 Å². The van der Waals surface area contributed by atoms with Crippen molar-refractivity contribution in [2.75, 3.05) is 18.6 Å². The fraction of sp³-hybridized carbons (Fsp3) is 0.207. The molecule has 0 aliphatic heterocycles. The summed E-state index contributed by atoms with van der Waals surface area (Å²) in [6.45, 7) is 6.34. The number of rotatable bonds is 5. The monoisotopic (exact) mass is 514 g/mol. The van der Waals surface area contributed by atoms with Crippen LogP contribution in [0, 0.1) is 13.8 Å². The van der Waals surface area contributed by atoms with E-state index < -0.39 is 0 Å². The van der Waals surface area contributed by atoms with E-state index in [1.165, 1.54) is 11.8 Å². The molecule has 3 aromatic carbocycles. The van der Waals surface area contributed by atoms with E-state index in [2.05, 4.69) is 5.10 Å². The van der Waals surface area contributed by atoms with E-state index in [4.69, 9.17) is 16.3 Å². The molecule has 0 saturated heterocycles. The molecule has 0 radical (unpaired) electrons. The molecule has 2 heterocycles. The largest absolute Gasteiger partial charge is 0.495 e. The number of aryl methyl sites for hydroxylation is 3. The molecular weight excluding hydrogens is 488 g/mol. The summed E-state index contributed by atoms with van der Waals surface area (Å²) in [4.78, 5) is 29.8. The molecule has 188 valence electrons. The highest BCUT2D eigenvalue weighted by Crippen LogP contribution is 2.32. The first-order valence-corrected chi connectivity index (χ1v) is 12.4. The van der Waals surface area contributed by atoms with E-state index in [1.54, 1.807) is 23.1 Å². The van der Waals surface area contributed by atoms with Gasteiger partial charge in [0.05, 0.1) is 17.8 Å². The summed E-state index contributed by atoms with van der Waals surface area (Å²) in [5.74, 6) is 0.193. The Balaban J connectivity index is 1.85. The molecule has 0 saturated carbocycles. The highest BCUT2D eigenvalue weighted by molar-refractivity contribution is 6.32. The summed E-state index contributed by atoms with van der Waals surface area (Å²) in [6.07, 6.45) is 0. The second kappa shape index (κ2) is 9.41. The Labute approximate surface area is 219 Å². The molecule has 0 atom stereocenters. The number of fused-ring (bicyclic) bond motifs is 3. The number of carbonyl (C=O) groups is 1. The Morgan fingerprint density at radius 3 is 2.54 bits per heavy atom. The van der Waals surface area contributed by atoms with Crippen molar-refractivity contribution in [3.63, 3.8) is 0 Å². The zero-order valence-corrected chi connectivity index (χ0v) is 22.1. The minimum absolute atomic E-state index is 0.195. The van der Waals surface area contributed by atoms with Gasteiger partial charge in [-0.1, -0.05) is 41.9 Å². The fourth-order valence-electron chi connectivity index (χ4n) is 4.85. The van der Waals surface area contributed by atoms with Crippen molar-refractivity contribution in [2.45, 2.75) is 20.8 Å². The van der Waals surface area contributed by atoms with E-state index in [-0.39, 0.29) is 17.2 Å². The summed E-state index contributed by atoms with van der Waals surface area (Å²) in [7, 11) is 3.35. The molecule has 0 spiro atoms. The van der Waals surface area contributed by atoms with Crippen LogP contribution in [-0.4, -0.2) is 33.9 Å². The highest BCUT2D eigenvalue weighted by Gasteiger charge is 2.27. The first-order chi connectivity index (χ1) is 17.8. The summed E-state index contributed by atoms with van der Waals surface area (Å²) < 4.78 is 8.34. The molecule has 37 heavy (non-hydrogen) atoms. The molecule has 5 rings (SSSR count). The van der Waals surface area contributed by atoms with Crippen LogP contribution < -0.4 is 15.2 Å². The molecule has 0 bridgehead atoms. The number of para-hydroxylation sites is 1. The smallest absolute Gasteiger partial charge is 0.296 e. The summed E-state index contributed by atoms with van der Waals surface area (Å²) >= 11 is 6.38. The lowest BCUT2D eigenvalue weighted by molar-refractivity contribution is 0.0983. The average molecular weight is 515 g/mol. The van der Waals surface area contributed by atoms with Gasteiger partial charge in [-0.2, -0.15) is 9.78 Å². The van der Waals surface area contributed by atoms with Crippen LogP contribution >= 0.6 is 11.6 Å². The van der Waals surface area contributed by atoms with Crippen molar-refractivity contribution in [2.24, 2.45) is 7.05 Å². The highest BCUT2D eigenvalue weighted by atomic mass is 35.5. The van der Waals surface area contributed by atoms with Crippen molar-refractivity contribution < 1.29 is 9.53 Å². The van der Waals surface area contributed by atoms with Crippen LogP contribution in [0.4, 0.5) is 5.69 Å². The van der Waals surface area contributed by atoms with Gasteiger partial charge in [-0.3, -0.25) is 9.59 Å². The van der Waals surface area contributed by atoms with E-state index in [0.717, 1.165) is 27.7 Å². The predicted octanol–water partition coefficient (Wildman–Crippen LogP) is 5.82. The number of benzene rings is 3. The molecule has 8 heteroatoms. The van der Waals surface area contributed by atoms with Crippen LogP contribution in [0.25, 0.3) is 27.5 Å². The number of ether oxygens (including phenoxy) is 1. The van der Waals surface area contributed by atoms with Crippen molar-refractivity contribution in [3.8, 4) is 11.4 Å². The van der Waals surface area contributed by atoms with Crippen LogP contribution in [0.1, 0.15) is 28.5 Å². The van der Waals surface area contributed by atoms with Crippen LogP contribution in [0.2, 0.25) is 5.02 Å². The van der Waals surface area contributed by atoms with Gasteiger partial charge in [-0.25, -0.2) is 0 Å². The number of hydrogen-bond donors (Lipinski definition) is 0. The van der Waals surface area contributed by atoms with Crippen molar-refractivity contribution in [1.82, 2.24) is 14.3 Å². The lowest BCUT2D eigenvalue weighted by Gasteiger charge is -2.24. The molecular formula is C29H27ClN4O3. The standard InChI is InChI=1S/C29H27ClN4O3/c1-6-33(23-15-17(2)11-12-18(23)3)28(35)26-25-20-9-7-8-10-22(20)32(4)27(25)29(36)34(31-26)19-13-14-24(37-5)21(30)16-19/h7-16H,6H2,1-5H3. The number of carbonyl (C=O) groups excluding carboxylic acids is 1. The average Bonchev–Trinajstić information content (AvgIpc) is 3.20. The van der Waals surface area contributed by atoms with E-state index in [9.17, 15) is 9.59 Å². The normalized spacial score (nSPS) is 11.3. The van der Waals surface area contributed by atoms with Crippen molar-refractivity contribution in [3.05, 3.63) is 92.9 Å². The Morgan fingerprint density at radius 2 is 1.84 bits per heavy atom. The van der Waals surface area contributed by atoms with E-state index in [1.807, 2.05) is 74.9 Å². The minimum Gasteiger partial charge on any atom is -0.495 e. The third kappa shape index (κ3) is 3.96. The van der Waals surface area contributed by atoms with Gasteiger partial charge >= 0.3 is 0 Å². The van der Waals surface area contributed by atoms with Gasteiger partial charge in [0.15, 0.2) is 5.69 Å². The van der Waals surface area contributed by atoms with Crippen molar-refractivity contribution >= 4 is 45.0 Å². The number of anilines is 1. The zero-order valence-electron chi connectivity index (χ0n) is 21.4. The molecule has 0 N–H and O–H groups in total. The Morgan fingerprint density at radius 1 is 1.08 bits per heavy atom. The predicted molar refractivity (Wildman–Crippen MR) is 149 cm³/mol. The Kier molecular flexibility index (Phi) is 6.25. The second-order valence-corrected chi connectivity index (χ2v) is 9.43. The molecule has 1 amide bonds. The number of halogens is 1. The Bertz CT molecular complexity index is 1750. The first kappa shape index (κ1) is 24.6. The summed E-state index contributed by atoms with van der Waals surface area (Å²) in [5.41, 5.74) is 4.36. The molecule has 0 aliphatic rings. The molecule has 7 nitrogen and oxygen atoms in total. The van der Waals surface area contributed by atoms with Crippen LogP contribution in [-0.2, 0) is 7.05 Å². The third-order valence-corrected chi connectivity index (χ3v) is 7.03. The maximum atomic E-state index is 14.3. The molecule has 0 unspecified atom stereocenters. The quantitative estimate of drug-likeness (QED) is 0.296. The first-order valence-electron chi connectivity index (χ1n) is 12.0.